The number of nitrogens with one attached hydrogen (secondary N) is 2. The van der Waals surface area contributed by atoms with Crippen LogP contribution in [0.5, 0.6) is 0 Å². The number of hydrogen-bond acceptors (Lipinski definition) is 6. The van der Waals surface area contributed by atoms with Gasteiger partial charge in [-0.2, -0.15) is 9.36 Å². The largest absolute Gasteiger partial charge is 0.367 e. The second-order valence-electron chi connectivity index (χ2n) is 3.15. The first-order valence-electron chi connectivity index (χ1n) is 4.36. The Morgan fingerprint density at radius 3 is 3.00 bits per heavy atom. The number of amides is 1. The van der Waals surface area contributed by atoms with Crippen LogP contribution in [0, 0.1) is 0 Å². The zero-order chi connectivity index (χ0) is 9.97. The molecule has 1 amide bonds. The van der Waals surface area contributed by atoms with Crippen LogP contribution in [0.25, 0.3) is 0 Å². The minimum absolute atomic E-state index is 0.0127. The van der Waals surface area contributed by atoms with Crippen LogP contribution in [0.2, 0.25) is 0 Å². The zero-order valence-corrected chi connectivity index (χ0v) is 8.30. The molecule has 4 N–H and O–H groups in total. The molecule has 0 aromatic carbocycles. The molecule has 1 aromatic heterocycles. The van der Waals surface area contributed by atoms with Crippen molar-refractivity contribution in [3.05, 3.63) is 0 Å². The van der Waals surface area contributed by atoms with E-state index in [9.17, 15) is 4.79 Å². The van der Waals surface area contributed by atoms with Crippen LogP contribution in [-0.2, 0) is 4.79 Å². The van der Waals surface area contributed by atoms with Gasteiger partial charge in [-0.3, -0.25) is 4.79 Å². The van der Waals surface area contributed by atoms with Crippen molar-refractivity contribution in [2.24, 2.45) is 0 Å². The minimum Gasteiger partial charge on any atom is -0.367 e. The molecule has 0 radical (unpaired) electrons. The maximum atomic E-state index is 11.2. The fourth-order valence-electron chi connectivity index (χ4n) is 0.969. The highest BCUT2D eigenvalue weighted by Crippen LogP contribution is 2.18. The van der Waals surface area contributed by atoms with Gasteiger partial charge >= 0.3 is 0 Å². The fourth-order valence-corrected chi connectivity index (χ4v) is 1.46. The maximum Gasteiger partial charge on any atom is 0.239 e. The molecular weight excluding hydrogens is 202 g/mol. The Kier molecular flexibility index (Phi) is 2.49. The normalized spacial score (nSPS) is 15.1. The van der Waals surface area contributed by atoms with Gasteiger partial charge in [-0.05, 0) is 12.8 Å². The summed E-state index contributed by atoms with van der Waals surface area (Å²) in [6, 6.07) is 0.392. The molecule has 1 aromatic rings. The van der Waals surface area contributed by atoms with E-state index in [1.54, 1.807) is 0 Å². The maximum absolute atomic E-state index is 11.2. The number of aromatic nitrogens is 2. The van der Waals surface area contributed by atoms with E-state index in [0.717, 1.165) is 24.4 Å². The van der Waals surface area contributed by atoms with Crippen LogP contribution in [0.3, 0.4) is 0 Å². The van der Waals surface area contributed by atoms with E-state index in [1.165, 1.54) is 0 Å². The molecule has 1 aliphatic rings. The van der Waals surface area contributed by atoms with E-state index in [-0.39, 0.29) is 18.4 Å². The first-order chi connectivity index (χ1) is 6.74. The van der Waals surface area contributed by atoms with Gasteiger partial charge in [-0.15, -0.1) is 0 Å². The predicted molar refractivity (Wildman–Crippen MR) is 54.0 cm³/mol. The SMILES string of the molecule is Nc1nsc(NCC(=O)NC2CC2)n1. The number of rotatable bonds is 4. The van der Waals surface area contributed by atoms with Gasteiger partial charge in [0, 0.05) is 17.6 Å². The van der Waals surface area contributed by atoms with Gasteiger partial charge in [0.15, 0.2) is 0 Å². The summed E-state index contributed by atoms with van der Waals surface area (Å²) < 4.78 is 3.78. The molecule has 0 unspecified atom stereocenters. The van der Waals surface area contributed by atoms with Crippen molar-refractivity contribution in [2.75, 3.05) is 17.6 Å². The van der Waals surface area contributed by atoms with Crippen molar-refractivity contribution in [3.63, 3.8) is 0 Å². The van der Waals surface area contributed by atoms with Crippen LogP contribution >= 0.6 is 11.5 Å². The molecule has 0 saturated heterocycles. The Morgan fingerprint density at radius 2 is 2.43 bits per heavy atom. The number of nitrogens with two attached hydrogens (primary N) is 1. The molecule has 0 spiro atoms. The second-order valence-corrected chi connectivity index (χ2v) is 3.90. The van der Waals surface area contributed by atoms with Gasteiger partial charge in [0.25, 0.3) is 0 Å². The molecule has 14 heavy (non-hydrogen) atoms. The van der Waals surface area contributed by atoms with Gasteiger partial charge in [0.05, 0.1) is 6.54 Å². The first-order valence-corrected chi connectivity index (χ1v) is 5.14. The third kappa shape index (κ3) is 2.56. The van der Waals surface area contributed by atoms with E-state index in [4.69, 9.17) is 5.73 Å². The fraction of sp³-hybridized carbons (Fsp3) is 0.571. The summed E-state index contributed by atoms with van der Waals surface area (Å²) >= 11 is 1.15. The summed E-state index contributed by atoms with van der Waals surface area (Å²) in [5.41, 5.74) is 5.32. The number of carbonyl (C=O) groups is 1. The van der Waals surface area contributed by atoms with Gasteiger partial charge < -0.3 is 16.4 Å². The molecular formula is C7H11N5OS. The smallest absolute Gasteiger partial charge is 0.239 e. The Balaban J connectivity index is 1.73. The average Bonchev–Trinajstić information content (AvgIpc) is 2.85. The summed E-state index contributed by atoms with van der Waals surface area (Å²) in [7, 11) is 0. The van der Waals surface area contributed by atoms with Gasteiger partial charge in [0.2, 0.25) is 17.0 Å². The van der Waals surface area contributed by atoms with Crippen LogP contribution in [-0.4, -0.2) is 27.9 Å². The lowest BCUT2D eigenvalue weighted by atomic mass is 10.5. The number of nitrogen functional groups attached to an aromatic ring is 1. The molecule has 1 aliphatic carbocycles. The van der Waals surface area contributed by atoms with Crippen molar-refractivity contribution < 1.29 is 4.79 Å². The lowest BCUT2D eigenvalue weighted by Crippen LogP contribution is -2.31. The van der Waals surface area contributed by atoms with Crippen molar-refractivity contribution in [3.8, 4) is 0 Å². The summed E-state index contributed by atoms with van der Waals surface area (Å²) in [6.45, 7) is 0.227. The van der Waals surface area contributed by atoms with Crippen molar-refractivity contribution in [1.29, 1.82) is 0 Å². The van der Waals surface area contributed by atoms with Crippen LogP contribution < -0.4 is 16.4 Å². The lowest BCUT2D eigenvalue weighted by Gasteiger charge is -2.02. The first kappa shape index (κ1) is 9.20. The Bertz CT molecular complexity index is 335. The third-order valence-electron chi connectivity index (χ3n) is 1.78. The number of carbonyl (C=O) groups excluding carboxylic acids is 1. The lowest BCUT2D eigenvalue weighted by molar-refractivity contribution is -0.119. The summed E-state index contributed by atoms with van der Waals surface area (Å²) in [5.74, 6) is 0.223. The summed E-state index contributed by atoms with van der Waals surface area (Å²) in [5, 5.41) is 6.28. The van der Waals surface area contributed by atoms with Crippen LogP contribution in [0.4, 0.5) is 11.1 Å². The number of nitrogens with zero attached hydrogens (tertiary/aromatic N) is 2. The van der Waals surface area contributed by atoms with Crippen LogP contribution in [0.15, 0.2) is 0 Å². The highest BCUT2D eigenvalue weighted by molar-refractivity contribution is 7.09. The van der Waals surface area contributed by atoms with Gasteiger partial charge in [-0.25, -0.2) is 0 Å². The van der Waals surface area contributed by atoms with Crippen LogP contribution in [0.1, 0.15) is 12.8 Å². The van der Waals surface area contributed by atoms with Gasteiger partial charge in [-0.1, -0.05) is 0 Å². The molecule has 6 nitrogen and oxygen atoms in total. The Hall–Kier alpha value is -1.37. The molecule has 2 rings (SSSR count). The molecule has 0 aliphatic heterocycles. The monoisotopic (exact) mass is 213 g/mol. The summed E-state index contributed by atoms with van der Waals surface area (Å²) in [4.78, 5) is 15.1. The number of hydrogen-bond donors (Lipinski definition) is 3. The molecule has 0 bridgehead atoms. The Labute approximate surface area is 85.1 Å². The molecule has 76 valence electrons. The number of anilines is 2. The van der Waals surface area contributed by atoms with E-state index in [0.29, 0.717) is 11.2 Å². The topological polar surface area (TPSA) is 92.9 Å². The third-order valence-corrected chi connectivity index (χ3v) is 2.47. The Morgan fingerprint density at radius 1 is 1.64 bits per heavy atom. The van der Waals surface area contributed by atoms with E-state index < -0.39 is 0 Å². The molecule has 1 heterocycles. The molecule has 1 saturated carbocycles. The van der Waals surface area contributed by atoms with E-state index in [2.05, 4.69) is 20.0 Å². The second kappa shape index (κ2) is 3.79. The van der Waals surface area contributed by atoms with Crippen molar-refractivity contribution in [1.82, 2.24) is 14.7 Å². The van der Waals surface area contributed by atoms with Crippen molar-refractivity contribution >= 4 is 28.5 Å². The quantitative estimate of drug-likeness (QED) is 0.644. The van der Waals surface area contributed by atoms with E-state index in [1.807, 2.05) is 0 Å². The molecule has 7 heteroatoms. The average molecular weight is 213 g/mol. The standard InChI is InChI=1S/C7H11N5OS/c8-6-11-7(14-12-6)9-3-5(13)10-4-1-2-4/h4H,1-3H2,(H,10,13)(H3,8,9,11,12). The van der Waals surface area contributed by atoms with E-state index >= 15 is 0 Å². The molecule has 1 fully saturated rings. The highest BCUT2D eigenvalue weighted by Gasteiger charge is 2.22. The summed E-state index contributed by atoms with van der Waals surface area (Å²) in [6.07, 6.45) is 2.19. The zero-order valence-electron chi connectivity index (χ0n) is 7.49. The predicted octanol–water partition coefficient (Wildman–Crippen LogP) is -0.189. The molecule has 0 atom stereocenters. The highest BCUT2D eigenvalue weighted by atomic mass is 32.1. The van der Waals surface area contributed by atoms with Gasteiger partial charge in [0.1, 0.15) is 0 Å². The minimum atomic E-state index is -0.0127. The van der Waals surface area contributed by atoms with Crippen molar-refractivity contribution in [2.45, 2.75) is 18.9 Å².